The number of carbonyl (C=O) groups is 1. The lowest BCUT2D eigenvalue weighted by Gasteiger charge is -2.26. The van der Waals surface area contributed by atoms with Crippen LogP contribution in [0.4, 0.5) is 24.8 Å². The quantitative estimate of drug-likeness (QED) is 0.191. The van der Waals surface area contributed by atoms with Crippen molar-refractivity contribution in [2.45, 2.75) is 70.7 Å². The summed E-state index contributed by atoms with van der Waals surface area (Å²) in [5, 5.41) is 16.1. The van der Waals surface area contributed by atoms with Crippen LogP contribution in [0.5, 0.6) is 0 Å². The number of pyridine rings is 1. The van der Waals surface area contributed by atoms with Crippen LogP contribution in [-0.4, -0.2) is 71.3 Å². The third kappa shape index (κ3) is 8.52. The minimum absolute atomic E-state index is 0.0266. The van der Waals surface area contributed by atoms with Crippen LogP contribution in [0.25, 0.3) is 0 Å². The van der Waals surface area contributed by atoms with Gasteiger partial charge in [0.2, 0.25) is 0 Å². The van der Waals surface area contributed by atoms with Gasteiger partial charge in [0.25, 0.3) is 5.82 Å². The van der Waals surface area contributed by atoms with E-state index < -0.39 is 18.0 Å². The number of nitrogens with zero attached hydrogens (tertiary/aromatic N) is 4. The molecule has 0 saturated carbocycles. The second kappa shape index (κ2) is 13.7. The molecule has 0 amide bonds. The number of ether oxygens (including phenoxy) is 1. The van der Waals surface area contributed by atoms with E-state index in [1.807, 2.05) is 6.92 Å². The van der Waals surface area contributed by atoms with Gasteiger partial charge in [-0.25, -0.2) is 4.98 Å². The van der Waals surface area contributed by atoms with Gasteiger partial charge in [0, 0.05) is 44.9 Å². The first-order chi connectivity index (χ1) is 18.1. The maximum Gasteiger partial charge on any atom is 0.485 e. The Morgan fingerprint density at radius 3 is 2.79 bits per heavy atom. The number of rotatable bonds is 14. The largest absolute Gasteiger partial charge is 0.485 e. The zero-order valence-corrected chi connectivity index (χ0v) is 22.2. The molecule has 0 aromatic carbocycles. The van der Waals surface area contributed by atoms with Gasteiger partial charge >= 0.3 is 12.0 Å². The molecule has 2 atom stereocenters. The molecule has 0 unspecified atom stereocenters. The maximum absolute atomic E-state index is 13.1. The van der Waals surface area contributed by atoms with Crippen LogP contribution < -0.4 is 15.4 Å². The molecule has 3 heterocycles. The molecule has 0 radical (unpaired) electrons. The number of anilines is 2. The second-order valence-corrected chi connectivity index (χ2v) is 9.70. The Kier molecular flexibility index (Phi) is 10.7. The predicted molar refractivity (Wildman–Crippen MR) is 136 cm³/mol. The zero-order chi connectivity index (χ0) is 27.7. The molecule has 0 bridgehead atoms. The lowest BCUT2D eigenvalue weighted by Crippen LogP contribution is -2.46. The number of carbonyl (C=O) groups excluding carboxylic acids is 1. The molecule has 0 spiro atoms. The molecule has 2 aromatic rings. The van der Waals surface area contributed by atoms with Gasteiger partial charge in [0.05, 0.1) is 6.10 Å². The number of aryl methyl sites for hydroxylation is 2. The molecule has 0 fully saturated rings. The van der Waals surface area contributed by atoms with E-state index in [1.54, 1.807) is 7.11 Å². The minimum Gasteiger partial charge on any atom is -0.380 e. The van der Waals surface area contributed by atoms with Crippen molar-refractivity contribution in [1.29, 1.82) is 0 Å². The van der Waals surface area contributed by atoms with Gasteiger partial charge in [-0.3, -0.25) is 10.1 Å². The number of aromatic nitrogens is 3. The second-order valence-electron chi connectivity index (χ2n) is 9.70. The molecule has 3 N–H and O–H groups in total. The zero-order valence-electron chi connectivity index (χ0n) is 22.2. The Balaban J connectivity index is 1.56. The normalized spacial score (nSPS) is 15.0. The molecule has 3 rings (SSSR count). The highest BCUT2D eigenvalue weighted by Gasteiger charge is 2.43. The van der Waals surface area contributed by atoms with Gasteiger partial charge in [0.15, 0.2) is 5.78 Å². The molecule has 0 aliphatic carbocycles. The first-order valence-electron chi connectivity index (χ1n) is 13.0. The smallest absolute Gasteiger partial charge is 0.380 e. The molecule has 38 heavy (non-hydrogen) atoms. The lowest BCUT2D eigenvalue weighted by atomic mass is 10.1. The number of ketones is 1. The highest BCUT2D eigenvalue weighted by molar-refractivity contribution is 5.83. The average Bonchev–Trinajstić information content (AvgIpc) is 2.88. The summed E-state index contributed by atoms with van der Waals surface area (Å²) in [6.07, 6.45) is 1.32. The van der Waals surface area contributed by atoms with Crippen LogP contribution in [-0.2, 0) is 28.5 Å². The Bertz CT molecular complexity index is 1070. The third-order valence-electron chi connectivity index (χ3n) is 6.69. The molecule has 9 nitrogen and oxygen atoms in total. The van der Waals surface area contributed by atoms with E-state index in [1.165, 1.54) is 18.6 Å². The van der Waals surface area contributed by atoms with E-state index in [0.29, 0.717) is 19.5 Å². The summed E-state index contributed by atoms with van der Waals surface area (Å²) in [6.45, 7) is 6.23. The minimum atomic E-state index is -4.84. The van der Waals surface area contributed by atoms with E-state index in [4.69, 9.17) is 9.72 Å². The number of methoxy groups -OCH3 is 1. The van der Waals surface area contributed by atoms with Gasteiger partial charge in [-0.1, -0.05) is 6.07 Å². The Morgan fingerprint density at radius 2 is 2.08 bits per heavy atom. The first kappa shape index (κ1) is 29.6. The van der Waals surface area contributed by atoms with Crippen LogP contribution in [0.3, 0.4) is 0 Å². The Hall–Kier alpha value is -2.99. The van der Waals surface area contributed by atoms with Gasteiger partial charge in [-0.2, -0.15) is 13.2 Å². The van der Waals surface area contributed by atoms with Crippen molar-refractivity contribution in [2.75, 3.05) is 43.9 Å². The van der Waals surface area contributed by atoms with Crippen LogP contribution in [0.1, 0.15) is 56.6 Å². The number of alkyl halides is 3. The van der Waals surface area contributed by atoms with Crippen molar-refractivity contribution in [3.8, 4) is 0 Å². The summed E-state index contributed by atoms with van der Waals surface area (Å²) < 4.78 is 44.7. The Labute approximate surface area is 221 Å². The van der Waals surface area contributed by atoms with Crippen LogP contribution in [0, 0.1) is 0 Å². The van der Waals surface area contributed by atoms with Crippen molar-refractivity contribution < 1.29 is 32.6 Å². The first-order valence-corrected chi connectivity index (χ1v) is 13.0. The number of nitrogens with one attached hydrogen (secondary N) is 2. The van der Waals surface area contributed by atoms with Crippen molar-refractivity contribution in [3.63, 3.8) is 0 Å². The van der Waals surface area contributed by atoms with Crippen molar-refractivity contribution in [2.24, 2.45) is 0 Å². The topological polar surface area (TPSA) is 103 Å². The average molecular weight is 540 g/mol. The van der Waals surface area contributed by atoms with Crippen molar-refractivity contribution in [1.82, 2.24) is 14.9 Å². The fraction of sp³-hybridized carbons (Fsp3) is 0.615. The standard InChI is InChI=1S/C26H37F3N6O3/c1-18(38-3)17-34(15-5-4-8-21-10-9-20-7-6-13-30-24(20)32-21)16-12-22(19(2)36)33-23-11-14-31-25(35(23)37)26(27,28)29/h9-11,14,18,22,37H,4-8,12-13,15-17H2,1-3H3,(H,30,32)/p+1/t18-,22+/m1/s1. The highest BCUT2D eigenvalue weighted by Crippen LogP contribution is 2.25. The Morgan fingerprint density at radius 1 is 1.29 bits per heavy atom. The van der Waals surface area contributed by atoms with Gasteiger partial charge < -0.3 is 20.2 Å². The number of hydrogen-bond donors (Lipinski definition) is 3. The summed E-state index contributed by atoms with van der Waals surface area (Å²) in [6, 6.07) is 4.66. The summed E-state index contributed by atoms with van der Waals surface area (Å²) in [4.78, 5) is 22.4. The van der Waals surface area contributed by atoms with E-state index in [-0.39, 0.29) is 22.4 Å². The van der Waals surface area contributed by atoms with E-state index >= 15 is 0 Å². The van der Waals surface area contributed by atoms with Gasteiger partial charge in [-0.05, 0) is 68.9 Å². The molecule has 1 aliphatic heterocycles. The fourth-order valence-corrected chi connectivity index (χ4v) is 4.47. The highest BCUT2D eigenvalue weighted by atomic mass is 19.4. The molecule has 2 aromatic heterocycles. The summed E-state index contributed by atoms with van der Waals surface area (Å²) in [5.41, 5.74) is 2.32. The van der Waals surface area contributed by atoms with E-state index in [2.05, 4.69) is 32.7 Å². The number of Topliss-reactive ketones (excluding diaryl/α,β-unsaturated/α-hetero) is 1. The van der Waals surface area contributed by atoms with Gasteiger partial charge in [-0.15, -0.1) is 4.98 Å². The van der Waals surface area contributed by atoms with Crippen molar-refractivity contribution >= 4 is 17.4 Å². The fourth-order valence-electron chi connectivity index (χ4n) is 4.47. The third-order valence-corrected chi connectivity index (χ3v) is 6.69. The SMILES string of the molecule is CO[C@H](C)CN(CCCCc1ccc2c(n1)NCCC2)CC[C@H](Nc1ccnc(C(F)(F)F)[n+]1O)C(C)=O. The molecular weight excluding hydrogens is 501 g/mol. The maximum atomic E-state index is 13.1. The molecule has 12 heteroatoms. The van der Waals surface area contributed by atoms with Crippen LogP contribution in [0.15, 0.2) is 24.4 Å². The molecule has 210 valence electrons. The number of hydrogen-bond acceptors (Lipinski definition) is 8. The molecule has 0 saturated heterocycles. The van der Waals surface area contributed by atoms with Crippen molar-refractivity contribution in [3.05, 3.63) is 41.5 Å². The summed E-state index contributed by atoms with van der Waals surface area (Å²) >= 11 is 0. The molecular formula is C26H38F3N6O3+. The van der Waals surface area contributed by atoms with E-state index in [0.717, 1.165) is 62.9 Å². The van der Waals surface area contributed by atoms with Crippen LogP contribution >= 0.6 is 0 Å². The van der Waals surface area contributed by atoms with Crippen LogP contribution in [0.2, 0.25) is 0 Å². The summed E-state index contributed by atoms with van der Waals surface area (Å²) in [7, 11) is 1.64. The molecule has 1 aliphatic rings. The monoisotopic (exact) mass is 539 g/mol. The number of halogens is 3. The van der Waals surface area contributed by atoms with E-state index in [9.17, 15) is 23.2 Å². The number of unbranched alkanes of at least 4 members (excludes halogenated alkanes) is 1. The predicted octanol–water partition coefficient (Wildman–Crippen LogP) is 3.50. The van der Waals surface area contributed by atoms with Gasteiger partial charge in [0.1, 0.15) is 18.1 Å². The lowest BCUT2D eigenvalue weighted by molar-refractivity contribution is -0.906. The number of fused-ring (bicyclic) bond motifs is 1. The summed E-state index contributed by atoms with van der Waals surface area (Å²) in [5.74, 6) is -0.976.